The van der Waals surface area contributed by atoms with Crippen molar-refractivity contribution in [1.82, 2.24) is 15.0 Å². The van der Waals surface area contributed by atoms with Crippen LogP contribution in [0.25, 0.3) is 10.6 Å². The standard InChI is InChI=1S/C17H18N4S/c1-11-9-15(19-10-18-11)20-12(2)16-13(3)21-17(22-16)14-7-5-4-6-8-14/h4-10,12H,1-3H3,(H,18,19,20). The minimum absolute atomic E-state index is 0.157. The average molecular weight is 310 g/mol. The van der Waals surface area contributed by atoms with Crippen molar-refractivity contribution in [2.75, 3.05) is 5.32 Å². The van der Waals surface area contributed by atoms with Gasteiger partial charge in [0.25, 0.3) is 0 Å². The third kappa shape index (κ3) is 3.14. The zero-order valence-electron chi connectivity index (χ0n) is 12.9. The summed E-state index contributed by atoms with van der Waals surface area (Å²) in [6, 6.07) is 12.4. The Morgan fingerprint density at radius 3 is 2.59 bits per heavy atom. The SMILES string of the molecule is Cc1cc(NC(C)c2sc(-c3ccccc3)nc2C)ncn1. The number of aryl methyl sites for hydroxylation is 2. The average Bonchev–Trinajstić information content (AvgIpc) is 2.90. The number of benzene rings is 1. The lowest BCUT2D eigenvalue weighted by Crippen LogP contribution is -2.08. The highest BCUT2D eigenvalue weighted by atomic mass is 32.1. The third-order valence-electron chi connectivity index (χ3n) is 3.41. The van der Waals surface area contributed by atoms with Crippen LogP contribution in [-0.4, -0.2) is 15.0 Å². The minimum Gasteiger partial charge on any atom is -0.363 e. The van der Waals surface area contributed by atoms with Crippen LogP contribution in [0.4, 0.5) is 5.82 Å². The summed E-state index contributed by atoms with van der Waals surface area (Å²) in [4.78, 5) is 14.3. The number of thiazole rings is 1. The van der Waals surface area contributed by atoms with Crippen molar-refractivity contribution in [2.24, 2.45) is 0 Å². The molecule has 1 unspecified atom stereocenters. The number of aromatic nitrogens is 3. The molecule has 22 heavy (non-hydrogen) atoms. The first-order valence-corrected chi connectivity index (χ1v) is 8.03. The lowest BCUT2D eigenvalue weighted by Gasteiger charge is -2.13. The Kier molecular flexibility index (Phi) is 4.15. The van der Waals surface area contributed by atoms with Crippen molar-refractivity contribution in [3.8, 4) is 10.6 Å². The zero-order valence-corrected chi connectivity index (χ0v) is 13.7. The van der Waals surface area contributed by atoms with Crippen LogP contribution < -0.4 is 5.32 Å². The monoisotopic (exact) mass is 310 g/mol. The number of anilines is 1. The molecule has 0 fully saturated rings. The van der Waals surface area contributed by atoms with E-state index in [0.29, 0.717) is 0 Å². The van der Waals surface area contributed by atoms with E-state index in [1.54, 1.807) is 17.7 Å². The minimum atomic E-state index is 0.157. The van der Waals surface area contributed by atoms with Crippen LogP contribution in [0, 0.1) is 13.8 Å². The predicted octanol–water partition coefficient (Wildman–Crippen LogP) is 4.39. The Hall–Kier alpha value is -2.27. The fraction of sp³-hybridized carbons (Fsp3) is 0.235. The van der Waals surface area contributed by atoms with Gasteiger partial charge in [0.1, 0.15) is 17.2 Å². The maximum Gasteiger partial charge on any atom is 0.130 e. The molecule has 0 amide bonds. The normalized spacial score (nSPS) is 12.1. The molecule has 3 aromatic rings. The van der Waals surface area contributed by atoms with Gasteiger partial charge < -0.3 is 5.32 Å². The Labute approximate surface area is 134 Å². The van der Waals surface area contributed by atoms with Crippen LogP contribution in [0.1, 0.15) is 29.2 Å². The van der Waals surface area contributed by atoms with Crippen molar-refractivity contribution >= 4 is 17.2 Å². The van der Waals surface area contributed by atoms with E-state index in [9.17, 15) is 0 Å². The summed E-state index contributed by atoms with van der Waals surface area (Å²) in [5, 5.41) is 4.48. The molecule has 0 saturated heterocycles. The highest BCUT2D eigenvalue weighted by Crippen LogP contribution is 2.32. The van der Waals surface area contributed by atoms with E-state index in [1.807, 2.05) is 31.2 Å². The van der Waals surface area contributed by atoms with Crippen molar-refractivity contribution in [3.63, 3.8) is 0 Å². The first kappa shape index (κ1) is 14.7. The summed E-state index contributed by atoms with van der Waals surface area (Å²) in [6.45, 7) is 6.15. The molecule has 0 aliphatic carbocycles. The van der Waals surface area contributed by atoms with E-state index >= 15 is 0 Å². The molecule has 2 aromatic heterocycles. The van der Waals surface area contributed by atoms with Gasteiger partial charge in [-0.2, -0.15) is 0 Å². The Balaban J connectivity index is 1.84. The number of nitrogens with zero attached hydrogens (tertiary/aromatic N) is 3. The summed E-state index contributed by atoms with van der Waals surface area (Å²) in [5.41, 5.74) is 3.18. The largest absolute Gasteiger partial charge is 0.363 e. The second kappa shape index (κ2) is 6.23. The van der Waals surface area contributed by atoms with Crippen LogP contribution in [0.3, 0.4) is 0 Å². The van der Waals surface area contributed by atoms with Crippen molar-refractivity contribution in [2.45, 2.75) is 26.8 Å². The summed E-state index contributed by atoms with van der Waals surface area (Å²) < 4.78 is 0. The molecule has 4 nitrogen and oxygen atoms in total. The fourth-order valence-corrected chi connectivity index (χ4v) is 3.41. The molecule has 0 radical (unpaired) electrons. The number of hydrogen-bond donors (Lipinski definition) is 1. The Morgan fingerprint density at radius 1 is 1.09 bits per heavy atom. The third-order valence-corrected chi connectivity index (χ3v) is 4.80. The molecule has 0 aliphatic heterocycles. The van der Waals surface area contributed by atoms with E-state index in [0.717, 1.165) is 27.8 Å². The quantitative estimate of drug-likeness (QED) is 0.776. The van der Waals surface area contributed by atoms with Gasteiger partial charge in [-0.15, -0.1) is 11.3 Å². The lowest BCUT2D eigenvalue weighted by molar-refractivity contribution is 0.876. The van der Waals surface area contributed by atoms with Crippen LogP contribution in [-0.2, 0) is 0 Å². The fourth-order valence-electron chi connectivity index (χ4n) is 2.34. The molecule has 5 heteroatoms. The van der Waals surface area contributed by atoms with Gasteiger partial charge in [-0.3, -0.25) is 0 Å². The number of hydrogen-bond acceptors (Lipinski definition) is 5. The van der Waals surface area contributed by atoms with Crippen LogP contribution in [0.2, 0.25) is 0 Å². The number of rotatable bonds is 4. The molecule has 1 atom stereocenters. The summed E-state index contributed by atoms with van der Waals surface area (Å²) in [5.74, 6) is 0.842. The number of nitrogens with one attached hydrogen (secondary N) is 1. The first-order valence-electron chi connectivity index (χ1n) is 7.21. The Bertz CT molecular complexity index is 767. The van der Waals surface area contributed by atoms with Gasteiger partial charge in [0, 0.05) is 22.2 Å². The summed E-state index contributed by atoms with van der Waals surface area (Å²) in [6.07, 6.45) is 1.58. The molecule has 0 bridgehead atoms. The molecular weight excluding hydrogens is 292 g/mol. The molecule has 2 heterocycles. The van der Waals surface area contributed by atoms with E-state index in [4.69, 9.17) is 4.98 Å². The van der Waals surface area contributed by atoms with Crippen LogP contribution >= 0.6 is 11.3 Å². The molecule has 0 saturated carbocycles. The van der Waals surface area contributed by atoms with E-state index < -0.39 is 0 Å². The second-order valence-corrected chi connectivity index (χ2v) is 6.28. The molecule has 1 aromatic carbocycles. The highest BCUT2D eigenvalue weighted by molar-refractivity contribution is 7.15. The molecule has 0 aliphatic rings. The molecule has 3 rings (SSSR count). The van der Waals surface area contributed by atoms with Gasteiger partial charge >= 0.3 is 0 Å². The van der Waals surface area contributed by atoms with Gasteiger partial charge in [0.2, 0.25) is 0 Å². The van der Waals surface area contributed by atoms with Crippen LogP contribution in [0.5, 0.6) is 0 Å². The molecule has 0 spiro atoms. The summed E-state index contributed by atoms with van der Waals surface area (Å²) >= 11 is 1.73. The zero-order chi connectivity index (χ0) is 15.5. The van der Waals surface area contributed by atoms with Gasteiger partial charge in [0.15, 0.2) is 0 Å². The van der Waals surface area contributed by atoms with Gasteiger partial charge in [-0.25, -0.2) is 15.0 Å². The van der Waals surface area contributed by atoms with Gasteiger partial charge in [0.05, 0.1) is 11.7 Å². The maximum atomic E-state index is 4.71. The van der Waals surface area contributed by atoms with Gasteiger partial charge in [-0.05, 0) is 20.8 Å². The van der Waals surface area contributed by atoms with E-state index in [1.165, 1.54) is 4.88 Å². The molecule has 1 N–H and O–H groups in total. The van der Waals surface area contributed by atoms with Crippen molar-refractivity contribution < 1.29 is 0 Å². The first-order chi connectivity index (χ1) is 10.6. The predicted molar refractivity (Wildman–Crippen MR) is 91.1 cm³/mol. The lowest BCUT2D eigenvalue weighted by atomic mass is 10.2. The highest BCUT2D eigenvalue weighted by Gasteiger charge is 2.15. The van der Waals surface area contributed by atoms with E-state index in [-0.39, 0.29) is 6.04 Å². The second-order valence-electron chi connectivity index (χ2n) is 5.25. The van der Waals surface area contributed by atoms with Crippen molar-refractivity contribution in [3.05, 3.63) is 59.0 Å². The van der Waals surface area contributed by atoms with E-state index in [2.05, 4.69) is 41.3 Å². The van der Waals surface area contributed by atoms with Crippen molar-refractivity contribution in [1.29, 1.82) is 0 Å². The summed E-state index contributed by atoms with van der Waals surface area (Å²) in [7, 11) is 0. The van der Waals surface area contributed by atoms with Crippen LogP contribution in [0.15, 0.2) is 42.7 Å². The molecule has 112 valence electrons. The molecular formula is C17H18N4S. The maximum absolute atomic E-state index is 4.71. The topological polar surface area (TPSA) is 50.7 Å². The Morgan fingerprint density at radius 2 is 1.86 bits per heavy atom. The smallest absolute Gasteiger partial charge is 0.130 e. The van der Waals surface area contributed by atoms with Gasteiger partial charge in [-0.1, -0.05) is 30.3 Å².